The largest absolute Gasteiger partial charge is 0.481 e. The van der Waals surface area contributed by atoms with Gasteiger partial charge in [-0.2, -0.15) is 4.98 Å². The smallest absolute Gasteiger partial charge is 0.314 e. The van der Waals surface area contributed by atoms with E-state index in [1.807, 2.05) is 42.5 Å². The number of carbonyl (C=O) groups is 1. The summed E-state index contributed by atoms with van der Waals surface area (Å²) in [6.45, 7) is 0. The second-order valence-corrected chi connectivity index (χ2v) is 5.02. The first-order valence-corrected chi connectivity index (χ1v) is 6.89. The molecule has 0 spiro atoms. The van der Waals surface area contributed by atoms with Crippen LogP contribution in [0.2, 0.25) is 0 Å². The fourth-order valence-electron chi connectivity index (χ4n) is 1.92. The Hall–Kier alpha value is -2.34. The molecule has 100 valence electrons. The lowest BCUT2D eigenvalue weighted by molar-refractivity contribution is -0.133. The number of nitrogens with zero attached hydrogens (tertiary/aromatic N) is 2. The summed E-state index contributed by atoms with van der Waals surface area (Å²) in [5.74, 6) is -0.549. The predicted octanol–water partition coefficient (Wildman–Crippen LogP) is 3.07. The second kappa shape index (κ2) is 5.34. The number of aromatic nitrogens is 2. The zero-order valence-electron chi connectivity index (χ0n) is 10.3. The number of thioether (sulfide) groups is 1. The molecule has 1 heterocycles. The molecule has 0 bridgehead atoms. The molecular formula is C14H10N2O3S. The van der Waals surface area contributed by atoms with E-state index in [-0.39, 0.29) is 11.0 Å². The Kier molecular flexibility index (Phi) is 3.39. The van der Waals surface area contributed by atoms with E-state index < -0.39 is 5.97 Å². The van der Waals surface area contributed by atoms with Gasteiger partial charge in [0.1, 0.15) is 5.75 Å². The van der Waals surface area contributed by atoms with E-state index in [2.05, 4.69) is 10.1 Å². The fraction of sp³-hybridized carbons (Fsp3) is 0.0714. The van der Waals surface area contributed by atoms with Gasteiger partial charge in [-0.15, -0.1) is 0 Å². The van der Waals surface area contributed by atoms with Gasteiger partial charge in [-0.05, 0) is 10.8 Å². The van der Waals surface area contributed by atoms with Crippen molar-refractivity contribution in [3.05, 3.63) is 42.5 Å². The first-order valence-electron chi connectivity index (χ1n) is 5.90. The molecule has 1 N–H and O–H groups in total. The summed E-state index contributed by atoms with van der Waals surface area (Å²) in [5.41, 5.74) is 0.869. The van der Waals surface area contributed by atoms with Crippen LogP contribution < -0.4 is 0 Å². The van der Waals surface area contributed by atoms with Gasteiger partial charge in [0.25, 0.3) is 5.22 Å². The van der Waals surface area contributed by atoms with Crippen molar-refractivity contribution in [2.45, 2.75) is 5.22 Å². The molecule has 2 aromatic carbocycles. The molecule has 0 fully saturated rings. The number of fused-ring (bicyclic) bond motifs is 1. The van der Waals surface area contributed by atoms with Crippen LogP contribution in [-0.4, -0.2) is 27.0 Å². The fourth-order valence-corrected chi connectivity index (χ4v) is 2.41. The standard InChI is InChI=1S/C14H10N2O3S/c17-12(18)8-20-14-15-13(16-19-14)11-7-3-5-9-4-1-2-6-10(9)11/h1-7H,8H2,(H,17,18). The van der Waals surface area contributed by atoms with Crippen molar-refractivity contribution in [3.8, 4) is 11.4 Å². The van der Waals surface area contributed by atoms with Crippen molar-refractivity contribution in [1.29, 1.82) is 0 Å². The molecule has 0 aliphatic rings. The third-order valence-corrected chi connectivity index (χ3v) is 3.56. The van der Waals surface area contributed by atoms with Crippen LogP contribution in [0.5, 0.6) is 0 Å². The highest BCUT2D eigenvalue weighted by atomic mass is 32.2. The number of hydrogen-bond acceptors (Lipinski definition) is 5. The molecule has 0 aliphatic carbocycles. The minimum atomic E-state index is -0.917. The molecular weight excluding hydrogens is 276 g/mol. The van der Waals surface area contributed by atoms with Crippen LogP contribution in [0, 0.1) is 0 Å². The van der Waals surface area contributed by atoms with Crippen LogP contribution in [0.15, 0.2) is 52.2 Å². The summed E-state index contributed by atoms with van der Waals surface area (Å²) >= 11 is 1.01. The molecule has 0 amide bonds. The van der Waals surface area contributed by atoms with Gasteiger partial charge in [-0.25, -0.2) is 0 Å². The highest BCUT2D eigenvalue weighted by Gasteiger charge is 2.12. The van der Waals surface area contributed by atoms with Crippen molar-refractivity contribution in [3.63, 3.8) is 0 Å². The van der Waals surface area contributed by atoms with Gasteiger partial charge < -0.3 is 9.63 Å². The average molecular weight is 286 g/mol. The second-order valence-electron chi connectivity index (χ2n) is 4.09. The van der Waals surface area contributed by atoms with Crippen molar-refractivity contribution in [1.82, 2.24) is 10.1 Å². The monoisotopic (exact) mass is 286 g/mol. The van der Waals surface area contributed by atoms with Gasteiger partial charge >= 0.3 is 5.97 Å². The van der Waals surface area contributed by atoms with Gasteiger partial charge in [-0.1, -0.05) is 59.4 Å². The van der Waals surface area contributed by atoms with Crippen molar-refractivity contribution in [2.24, 2.45) is 0 Å². The normalized spacial score (nSPS) is 10.8. The Morgan fingerprint density at radius 2 is 2.00 bits per heavy atom. The molecule has 0 aliphatic heterocycles. The molecule has 0 saturated carbocycles. The number of aliphatic carboxylic acids is 1. The first-order chi connectivity index (χ1) is 9.74. The minimum Gasteiger partial charge on any atom is -0.481 e. The third kappa shape index (κ3) is 2.50. The van der Waals surface area contributed by atoms with Gasteiger partial charge in [0.05, 0.1) is 0 Å². The molecule has 3 aromatic rings. The van der Waals surface area contributed by atoms with Gasteiger partial charge in [0, 0.05) is 5.56 Å². The maximum absolute atomic E-state index is 10.5. The summed E-state index contributed by atoms with van der Waals surface area (Å²) in [6, 6.07) is 13.8. The van der Waals surface area contributed by atoms with Crippen LogP contribution in [0.1, 0.15) is 0 Å². The molecule has 3 rings (SSSR count). The zero-order chi connectivity index (χ0) is 13.9. The Morgan fingerprint density at radius 1 is 1.20 bits per heavy atom. The Balaban J connectivity index is 1.97. The number of hydrogen-bond donors (Lipinski definition) is 1. The van der Waals surface area contributed by atoms with Gasteiger partial charge in [-0.3, -0.25) is 4.79 Å². The van der Waals surface area contributed by atoms with Gasteiger partial charge in [0.15, 0.2) is 0 Å². The van der Waals surface area contributed by atoms with Crippen molar-refractivity contribution in [2.75, 3.05) is 5.75 Å². The Bertz CT molecular complexity index is 764. The topological polar surface area (TPSA) is 76.2 Å². The predicted molar refractivity (Wildman–Crippen MR) is 75.6 cm³/mol. The molecule has 6 heteroatoms. The summed E-state index contributed by atoms with van der Waals surface area (Å²) in [4.78, 5) is 14.7. The third-order valence-electron chi connectivity index (χ3n) is 2.76. The molecule has 0 radical (unpaired) electrons. The number of carboxylic acid groups (broad SMARTS) is 1. The van der Waals surface area contributed by atoms with E-state index in [1.165, 1.54) is 0 Å². The lowest BCUT2D eigenvalue weighted by atomic mass is 10.0. The van der Waals surface area contributed by atoms with Crippen molar-refractivity contribution >= 4 is 28.5 Å². The molecule has 5 nitrogen and oxygen atoms in total. The quantitative estimate of drug-likeness (QED) is 0.743. The Morgan fingerprint density at radius 3 is 2.85 bits per heavy atom. The van der Waals surface area contributed by atoms with Gasteiger partial charge in [0.2, 0.25) is 5.82 Å². The average Bonchev–Trinajstić information content (AvgIpc) is 2.93. The first kappa shape index (κ1) is 12.7. The lowest BCUT2D eigenvalue weighted by Crippen LogP contribution is -1.97. The number of carboxylic acids is 1. The van der Waals surface area contributed by atoms with E-state index in [9.17, 15) is 4.79 Å². The maximum atomic E-state index is 10.5. The SMILES string of the molecule is O=C(O)CSc1nc(-c2cccc3ccccc23)no1. The van der Waals surface area contributed by atoms with E-state index >= 15 is 0 Å². The molecule has 0 unspecified atom stereocenters. The van der Waals surface area contributed by atoms with E-state index in [4.69, 9.17) is 9.63 Å². The maximum Gasteiger partial charge on any atom is 0.314 e. The summed E-state index contributed by atoms with van der Waals surface area (Å²) in [6.07, 6.45) is 0. The molecule has 0 saturated heterocycles. The van der Waals surface area contributed by atoms with E-state index in [0.717, 1.165) is 28.1 Å². The summed E-state index contributed by atoms with van der Waals surface area (Å²) in [7, 11) is 0. The van der Waals surface area contributed by atoms with Crippen LogP contribution in [0.25, 0.3) is 22.2 Å². The Labute approximate surface area is 118 Å². The van der Waals surface area contributed by atoms with Crippen LogP contribution >= 0.6 is 11.8 Å². The lowest BCUT2D eigenvalue weighted by Gasteiger charge is -2.01. The molecule has 1 aromatic heterocycles. The van der Waals surface area contributed by atoms with E-state index in [1.54, 1.807) is 0 Å². The molecule has 0 atom stereocenters. The minimum absolute atomic E-state index is 0.100. The zero-order valence-corrected chi connectivity index (χ0v) is 11.1. The number of rotatable bonds is 4. The summed E-state index contributed by atoms with van der Waals surface area (Å²) in [5, 5.41) is 14.9. The highest BCUT2D eigenvalue weighted by molar-refractivity contribution is 7.99. The van der Waals surface area contributed by atoms with Crippen LogP contribution in [0.3, 0.4) is 0 Å². The highest BCUT2D eigenvalue weighted by Crippen LogP contribution is 2.28. The number of benzene rings is 2. The van der Waals surface area contributed by atoms with Crippen LogP contribution in [-0.2, 0) is 4.79 Å². The van der Waals surface area contributed by atoms with E-state index in [0.29, 0.717) is 5.82 Å². The van der Waals surface area contributed by atoms with Crippen LogP contribution in [0.4, 0.5) is 0 Å². The summed E-state index contributed by atoms with van der Waals surface area (Å²) < 4.78 is 5.06. The molecule has 20 heavy (non-hydrogen) atoms. The van der Waals surface area contributed by atoms with Crippen molar-refractivity contribution < 1.29 is 14.4 Å².